The van der Waals surface area contributed by atoms with Crippen molar-refractivity contribution in [3.05, 3.63) is 0 Å². The van der Waals surface area contributed by atoms with Gasteiger partial charge in [0.2, 0.25) is 0 Å². The Morgan fingerprint density at radius 1 is 0.950 bits per heavy atom. The summed E-state index contributed by atoms with van der Waals surface area (Å²) in [6, 6.07) is 0. The van der Waals surface area contributed by atoms with Gasteiger partial charge in [-0.25, -0.2) is 0 Å². The summed E-state index contributed by atoms with van der Waals surface area (Å²) in [6.45, 7) is 8.60. The summed E-state index contributed by atoms with van der Waals surface area (Å²) >= 11 is 0. The molecule has 0 atom stereocenters. The van der Waals surface area contributed by atoms with Crippen LogP contribution in [0.1, 0.15) is 58.3 Å². The Morgan fingerprint density at radius 3 is 2.45 bits per heavy atom. The molecule has 3 nitrogen and oxygen atoms in total. The Kier molecular flexibility index (Phi) is 8.58. The summed E-state index contributed by atoms with van der Waals surface area (Å²) in [5, 5.41) is 0. The number of halogens is 1. The van der Waals surface area contributed by atoms with E-state index in [1.165, 1.54) is 90.0 Å². The Hall–Kier alpha value is -0.250. The van der Waals surface area contributed by atoms with Crippen LogP contribution in [0.5, 0.6) is 0 Å². The molecule has 0 aromatic heterocycles. The molecule has 2 aliphatic rings. The molecule has 2 heterocycles. The van der Waals surface area contributed by atoms with Crippen LogP contribution in [0.3, 0.4) is 0 Å². The number of unbranched alkanes of at least 4 members (excludes halogenated alkanes) is 5. The van der Waals surface area contributed by atoms with Gasteiger partial charge in [0, 0.05) is 12.8 Å². The van der Waals surface area contributed by atoms with Crippen molar-refractivity contribution in [1.29, 1.82) is 0 Å². The molecule has 0 amide bonds. The minimum Gasteiger partial charge on any atom is -1.00 e. The molecular weight excluding hydrogens is 314 g/mol. The first-order chi connectivity index (χ1) is 9.33. The van der Waals surface area contributed by atoms with Crippen LogP contribution < -0.4 is 17.0 Å². The van der Waals surface area contributed by atoms with Crippen LogP contribution in [-0.4, -0.2) is 60.1 Å². The molecule has 2 aliphatic heterocycles. The second-order valence-electron chi connectivity index (χ2n) is 6.17. The topological polar surface area (TPSA) is 9.49 Å². The molecule has 0 aromatic carbocycles. The highest BCUT2D eigenvalue weighted by atomic mass is 79.9. The molecule has 118 valence electrons. The molecule has 1 saturated heterocycles. The van der Waals surface area contributed by atoms with E-state index in [2.05, 4.69) is 28.3 Å². The van der Waals surface area contributed by atoms with Gasteiger partial charge in [-0.1, -0.05) is 39.0 Å². The Balaban J connectivity index is 0.00000200. The molecule has 0 aliphatic carbocycles. The van der Waals surface area contributed by atoms with Gasteiger partial charge in [0.05, 0.1) is 39.8 Å². The molecule has 0 aromatic rings. The van der Waals surface area contributed by atoms with Crippen molar-refractivity contribution >= 4 is 5.96 Å². The molecule has 2 rings (SSSR count). The zero-order chi connectivity index (χ0) is 13.5. The van der Waals surface area contributed by atoms with Crippen molar-refractivity contribution in [3.8, 4) is 0 Å². The SMILES string of the molecule is CCCCCCCC[N+]1=C2N(C)CCCN2CCC1.[Br-]. The van der Waals surface area contributed by atoms with Gasteiger partial charge in [-0.3, -0.25) is 14.4 Å². The summed E-state index contributed by atoms with van der Waals surface area (Å²) < 4.78 is 2.64. The summed E-state index contributed by atoms with van der Waals surface area (Å²) in [6.07, 6.45) is 11.1. The van der Waals surface area contributed by atoms with Gasteiger partial charge in [0.25, 0.3) is 0 Å². The fourth-order valence-corrected chi connectivity index (χ4v) is 3.44. The van der Waals surface area contributed by atoms with E-state index in [4.69, 9.17) is 0 Å². The van der Waals surface area contributed by atoms with Crippen LogP contribution in [0.2, 0.25) is 0 Å². The van der Waals surface area contributed by atoms with E-state index in [0.717, 1.165) is 0 Å². The standard InChI is InChI=1S/C16H32N3.BrH/c1-3-4-5-6-7-8-12-18-14-10-15-19-13-9-11-17(2)16(18)19;/h3-15H2,1-2H3;1H/q+1;/p-1. The Morgan fingerprint density at radius 2 is 1.65 bits per heavy atom. The molecule has 0 N–H and O–H groups in total. The van der Waals surface area contributed by atoms with Gasteiger partial charge in [0.15, 0.2) is 0 Å². The third-order valence-corrected chi connectivity index (χ3v) is 4.47. The molecule has 0 unspecified atom stereocenters. The number of nitrogens with zero attached hydrogens (tertiary/aromatic N) is 3. The molecule has 1 fully saturated rings. The first-order valence-corrected chi connectivity index (χ1v) is 8.41. The Bertz CT molecular complexity index is 304. The minimum absolute atomic E-state index is 0. The van der Waals surface area contributed by atoms with Crippen molar-refractivity contribution in [3.63, 3.8) is 0 Å². The molecule has 20 heavy (non-hydrogen) atoms. The van der Waals surface area contributed by atoms with E-state index in [1.807, 2.05) is 0 Å². The average Bonchev–Trinajstić information content (AvgIpc) is 2.43. The van der Waals surface area contributed by atoms with Crippen LogP contribution in [-0.2, 0) is 0 Å². The Labute approximate surface area is 135 Å². The zero-order valence-corrected chi connectivity index (χ0v) is 15.0. The van der Waals surface area contributed by atoms with E-state index < -0.39 is 0 Å². The van der Waals surface area contributed by atoms with Gasteiger partial charge in [-0.15, -0.1) is 0 Å². The highest BCUT2D eigenvalue weighted by molar-refractivity contribution is 5.76. The highest BCUT2D eigenvalue weighted by Gasteiger charge is 2.33. The lowest BCUT2D eigenvalue weighted by molar-refractivity contribution is -0.545. The maximum atomic E-state index is 2.64. The van der Waals surface area contributed by atoms with Crippen molar-refractivity contribution < 1.29 is 21.6 Å². The molecule has 0 bridgehead atoms. The largest absolute Gasteiger partial charge is 1.00 e. The van der Waals surface area contributed by atoms with E-state index >= 15 is 0 Å². The quantitative estimate of drug-likeness (QED) is 0.465. The van der Waals surface area contributed by atoms with Crippen LogP contribution >= 0.6 is 0 Å². The second kappa shape index (κ2) is 9.64. The first kappa shape index (κ1) is 17.8. The third-order valence-electron chi connectivity index (χ3n) is 4.47. The minimum atomic E-state index is 0. The van der Waals surface area contributed by atoms with Crippen LogP contribution in [0.4, 0.5) is 0 Å². The number of hydrogen-bond acceptors (Lipinski definition) is 2. The highest BCUT2D eigenvalue weighted by Crippen LogP contribution is 2.13. The van der Waals surface area contributed by atoms with E-state index in [0.29, 0.717) is 0 Å². The van der Waals surface area contributed by atoms with Gasteiger partial charge < -0.3 is 17.0 Å². The van der Waals surface area contributed by atoms with Gasteiger partial charge in [-0.05, 0) is 6.42 Å². The predicted molar refractivity (Wildman–Crippen MR) is 81.8 cm³/mol. The molecule has 4 heteroatoms. The first-order valence-electron chi connectivity index (χ1n) is 8.41. The lowest BCUT2D eigenvalue weighted by Crippen LogP contribution is -3.00. The van der Waals surface area contributed by atoms with Crippen LogP contribution in [0.25, 0.3) is 0 Å². The fraction of sp³-hybridized carbons (Fsp3) is 0.938. The number of hydrogen-bond donors (Lipinski definition) is 0. The lowest BCUT2D eigenvalue weighted by Gasteiger charge is -2.35. The fourth-order valence-electron chi connectivity index (χ4n) is 3.44. The number of rotatable bonds is 7. The van der Waals surface area contributed by atoms with Crippen molar-refractivity contribution in [2.75, 3.05) is 39.8 Å². The van der Waals surface area contributed by atoms with Crippen molar-refractivity contribution in [1.82, 2.24) is 9.80 Å². The van der Waals surface area contributed by atoms with Gasteiger partial charge in [0.1, 0.15) is 0 Å². The normalized spacial score (nSPS) is 18.9. The predicted octanol–water partition coefficient (Wildman–Crippen LogP) is -0.239. The summed E-state index contributed by atoms with van der Waals surface area (Å²) in [5.41, 5.74) is 0. The monoisotopic (exact) mass is 345 g/mol. The van der Waals surface area contributed by atoms with Crippen LogP contribution in [0, 0.1) is 0 Å². The summed E-state index contributed by atoms with van der Waals surface area (Å²) in [5.74, 6) is 1.52. The van der Waals surface area contributed by atoms with Gasteiger partial charge in [-0.2, -0.15) is 0 Å². The second-order valence-corrected chi connectivity index (χ2v) is 6.17. The average molecular weight is 346 g/mol. The molecular formula is C16H32BrN3. The van der Waals surface area contributed by atoms with E-state index in [9.17, 15) is 0 Å². The number of fused-ring (bicyclic) bond motifs is 1. The smallest absolute Gasteiger partial charge is 0.350 e. The number of guanidine groups is 1. The molecule has 0 spiro atoms. The maximum absolute atomic E-state index is 2.64. The van der Waals surface area contributed by atoms with Gasteiger partial charge >= 0.3 is 5.96 Å². The molecule has 0 saturated carbocycles. The van der Waals surface area contributed by atoms with E-state index in [-0.39, 0.29) is 17.0 Å². The lowest BCUT2D eigenvalue weighted by atomic mass is 10.1. The summed E-state index contributed by atoms with van der Waals surface area (Å²) in [4.78, 5) is 5.07. The zero-order valence-electron chi connectivity index (χ0n) is 13.4. The van der Waals surface area contributed by atoms with Crippen molar-refractivity contribution in [2.24, 2.45) is 0 Å². The maximum Gasteiger partial charge on any atom is 0.350 e. The summed E-state index contributed by atoms with van der Waals surface area (Å²) in [7, 11) is 2.26. The van der Waals surface area contributed by atoms with Crippen LogP contribution in [0.15, 0.2) is 0 Å². The van der Waals surface area contributed by atoms with Crippen molar-refractivity contribution in [2.45, 2.75) is 58.3 Å². The van der Waals surface area contributed by atoms with E-state index in [1.54, 1.807) is 0 Å². The third kappa shape index (κ3) is 4.94. The molecule has 0 radical (unpaired) electrons.